The monoisotopic (exact) mass is 511 g/mol. The lowest BCUT2D eigenvalue weighted by molar-refractivity contribution is -0.274. The van der Waals surface area contributed by atoms with Gasteiger partial charge in [0.2, 0.25) is 0 Å². The summed E-state index contributed by atoms with van der Waals surface area (Å²) >= 11 is 0. The first kappa shape index (κ1) is 25.4. The number of hydrogen-bond acceptors (Lipinski definition) is 6. The van der Waals surface area contributed by atoms with Crippen molar-refractivity contribution in [2.45, 2.75) is 18.3 Å². The van der Waals surface area contributed by atoms with Gasteiger partial charge >= 0.3 is 6.36 Å². The highest BCUT2D eigenvalue weighted by atomic mass is 19.4. The van der Waals surface area contributed by atoms with Crippen LogP contribution in [0.5, 0.6) is 11.5 Å². The molecule has 1 atom stereocenters. The summed E-state index contributed by atoms with van der Waals surface area (Å²) in [6.07, 6.45) is -1.30. The standard InChI is InChI=1S/C25H18F3N3O3.CH2O2/c26-25(27,28)34-18-10-8-17(9-11-18)24(12-15-33-20-7-3-14-30-22(20)24)31-23(32)19-6-1-4-16-5-2-13-29-21(16)19;2-1-3/h1-11,13-14H,12,15H2,(H,31,32);1H,(H,2,3). The van der Waals surface area contributed by atoms with Gasteiger partial charge in [-0.2, -0.15) is 0 Å². The topological polar surface area (TPSA) is 111 Å². The number of alkyl halides is 3. The number of carbonyl (C=O) groups excluding carboxylic acids is 1. The van der Waals surface area contributed by atoms with Gasteiger partial charge in [-0.1, -0.05) is 30.3 Å². The number of hydrogen-bond donors (Lipinski definition) is 2. The zero-order valence-electron chi connectivity index (χ0n) is 19.1. The molecule has 1 unspecified atom stereocenters. The number of para-hydroxylation sites is 1. The summed E-state index contributed by atoms with van der Waals surface area (Å²) in [4.78, 5) is 30.8. The van der Waals surface area contributed by atoms with Gasteiger partial charge in [0.1, 0.15) is 22.7 Å². The van der Waals surface area contributed by atoms with E-state index in [4.69, 9.17) is 14.6 Å². The van der Waals surface area contributed by atoms with Crippen LogP contribution in [0.3, 0.4) is 0 Å². The van der Waals surface area contributed by atoms with E-state index in [-0.39, 0.29) is 18.8 Å². The summed E-state index contributed by atoms with van der Waals surface area (Å²) in [6, 6.07) is 17.8. The molecule has 1 aliphatic heterocycles. The van der Waals surface area contributed by atoms with Crippen LogP contribution in [0.4, 0.5) is 13.2 Å². The Kier molecular flexibility index (Phi) is 7.23. The fourth-order valence-electron chi connectivity index (χ4n) is 4.22. The molecule has 37 heavy (non-hydrogen) atoms. The number of fused-ring (bicyclic) bond motifs is 2. The Morgan fingerprint density at radius 3 is 2.43 bits per heavy atom. The third-order valence-electron chi connectivity index (χ3n) is 5.69. The minimum absolute atomic E-state index is 0.250. The first-order valence-corrected chi connectivity index (χ1v) is 11.0. The average molecular weight is 511 g/mol. The molecule has 2 N–H and O–H groups in total. The van der Waals surface area contributed by atoms with E-state index in [2.05, 4.69) is 20.0 Å². The smallest absolute Gasteiger partial charge is 0.491 e. The maximum absolute atomic E-state index is 13.6. The second kappa shape index (κ2) is 10.5. The molecular formula is C26H20F3N3O5. The maximum atomic E-state index is 13.6. The van der Waals surface area contributed by atoms with Crippen LogP contribution in [0.15, 0.2) is 79.1 Å². The third kappa shape index (κ3) is 5.45. The normalized spacial score (nSPS) is 16.4. The second-order valence-electron chi connectivity index (χ2n) is 7.87. The Morgan fingerprint density at radius 1 is 1.03 bits per heavy atom. The van der Waals surface area contributed by atoms with Crippen molar-refractivity contribution in [2.75, 3.05) is 6.61 Å². The van der Waals surface area contributed by atoms with Crippen LogP contribution < -0.4 is 14.8 Å². The Labute approximate surface area is 208 Å². The zero-order valence-corrected chi connectivity index (χ0v) is 19.1. The lowest BCUT2D eigenvalue weighted by atomic mass is 9.81. The van der Waals surface area contributed by atoms with Crippen molar-refractivity contribution in [1.82, 2.24) is 15.3 Å². The highest BCUT2D eigenvalue weighted by Gasteiger charge is 2.43. The molecule has 1 amide bonds. The van der Waals surface area contributed by atoms with Crippen LogP contribution in [0.2, 0.25) is 0 Å². The van der Waals surface area contributed by atoms with Crippen molar-refractivity contribution >= 4 is 23.3 Å². The van der Waals surface area contributed by atoms with Crippen LogP contribution >= 0.6 is 0 Å². The van der Waals surface area contributed by atoms with Crippen molar-refractivity contribution in [3.05, 3.63) is 95.9 Å². The van der Waals surface area contributed by atoms with E-state index in [9.17, 15) is 18.0 Å². The molecule has 4 aromatic rings. The molecule has 0 fully saturated rings. The molecule has 190 valence electrons. The Bertz CT molecular complexity index is 1410. The average Bonchev–Trinajstić information content (AvgIpc) is 2.88. The van der Waals surface area contributed by atoms with Gasteiger partial charge in [0.05, 0.1) is 17.7 Å². The van der Waals surface area contributed by atoms with Crippen LogP contribution in [0.1, 0.15) is 28.0 Å². The number of carbonyl (C=O) groups is 2. The molecule has 8 nitrogen and oxygen atoms in total. The molecule has 3 heterocycles. The fourth-order valence-corrected chi connectivity index (χ4v) is 4.22. The number of rotatable bonds is 4. The Morgan fingerprint density at radius 2 is 1.70 bits per heavy atom. The molecule has 5 rings (SSSR count). The first-order valence-electron chi connectivity index (χ1n) is 11.0. The Balaban J connectivity index is 0.00000102. The quantitative estimate of drug-likeness (QED) is 0.383. The minimum atomic E-state index is -4.80. The summed E-state index contributed by atoms with van der Waals surface area (Å²) in [6.45, 7) is 0.0214. The largest absolute Gasteiger partial charge is 0.573 e. The number of ether oxygens (including phenoxy) is 2. The SMILES string of the molecule is O=C(NC1(c2ccc(OC(F)(F)F)cc2)CCOc2cccnc21)c1cccc2cccnc12.O=CO. The molecule has 0 spiro atoms. The second-order valence-corrected chi connectivity index (χ2v) is 7.87. The summed E-state index contributed by atoms with van der Waals surface area (Å²) in [5, 5.41) is 10.8. The van der Waals surface area contributed by atoms with E-state index in [0.29, 0.717) is 34.5 Å². The lowest BCUT2D eigenvalue weighted by Crippen LogP contribution is -2.50. The Hall–Kier alpha value is -4.67. The molecular weight excluding hydrogens is 491 g/mol. The molecule has 0 saturated carbocycles. The van der Waals surface area contributed by atoms with Crippen LogP contribution in [0.25, 0.3) is 10.9 Å². The number of halogens is 3. The lowest BCUT2D eigenvalue weighted by Gasteiger charge is -2.39. The number of carboxylic acid groups (broad SMARTS) is 1. The van der Waals surface area contributed by atoms with Gasteiger partial charge in [-0.25, -0.2) is 0 Å². The molecule has 0 bridgehead atoms. The molecule has 0 aliphatic carbocycles. The van der Waals surface area contributed by atoms with Crippen molar-refractivity contribution in [2.24, 2.45) is 0 Å². The number of amides is 1. The van der Waals surface area contributed by atoms with Crippen molar-refractivity contribution in [3.8, 4) is 11.5 Å². The van der Waals surface area contributed by atoms with E-state index in [1.54, 1.807) is 42.7 Å². The van der Waals surface area contributed by atoms with Crippen LogP contribution in [-0.2, 0) is 10.3 Å². The van der Waals surface area contributed by atoms with Crippen LogP contribution in [0, 0.1) is 0 Å². The van der Waals surface area contributed by atoms with Crippen molar-refractivity contribution in [3.63, 3.8) is 0 Å². The minimum Gasteiger partial charge on any atom is -0.491 e. The van der Waals surface area contributed by atoms with Crippen molar-refractivity contribution < 1.29 is 37.3 Å². The molecule has 2 aromatic carbocycles. The van der Waals surface area contributed by atoms with E-state index >= 15 is 0 Å². The van der Waals surface area contributed by atoms with Gasteiger partial charge in [0.15, 0.2) is 0 Å². The van der Waals surface area contributed by atoms with Gasteiger partial charge in [-0.05, 0) is 42.0 Å². The summed E-state index contributed by atoms with van der Waals surface area (Å²) < 4.78 is 47.7. The maximum Gasteiger partial charge on any atom is 0.573 e. The van der Waals surface area contributed by atoms with E-state index in [1.807, 2.05) is 12.1 Å². The van der Waals surface area contributed by atoms with E-state index < -0.39 is 17.8 Å². The van der Waals surface area contributed by atoms with Gasteiger partial charge in [-0.3, -0.25) is 19.6 Å². The molecule has 2 aromatic heterocycles. The summed E-state index contributed by atoms with van der Waals surface area (Å²) in [5.41, 5.74) is 0.789. The summed E-state index contributed by atoms with van der Waals surface area (Å²) in [7, 11) is 0. The number of pyridine rings is 2. The number of benzene rings is 2. The molecule has 1 aliphatic rings. The highest BCUT2D eigenvalue weighted by Crippen LogP contribution is 2.41. The summed E-state index contributed by atoms with van der Waals surface area (Å²) in [5.74, 6) is -0.261. The van der Waals surface area contributed by atoms with E-state index in [1.165, 1.54) is 24.3 Å². The van der Waals surface area contributed by atoms with Gasteiger partial charge in [0, 0.05) is 24.2 Å². The van der Waals surface area contributed by atoms with Gasteiger partial charge in [-0.15, -0.1) is 13.2 Å². The van der Waals surface area contributed by atoms with Gasteiger partial charge in [0.25, 0.3) is 12.4 Å². The van der Waals surface area contributed by atoms with Crippen molar-refractivity contribution in [1.29, 1.82) is 0 Å². The molecule has 11 heteroatoms. The molecule has 0 saturated heterocycles. The highest BCUT2D eigenvalue weighted by molar-refractivity contribution is 6.05. The molecule has 0 radical (unpaired) electrons. The van der Waals surface area contributed by atoms with Gasteiger partial charge < -0.3 is 19.9 Å². The fraction of sp³-hybridized carbons (Fsp3) is 0.154. The number of nitrogens with one attached hydrogen (secondary N) is 1. The number of nitrogens with zero attached hydrogens (tertiary/aromatic N) is 2. The zero-order chi connectivity index (χ0) is 26.5. The predicted molar refractivity (Wildman–Crippen MR) is 126 cm³/mol. The third-order valence-corrected chi connectivity index (χ3v) is 5.69. The predicted octanol–water partition coefficient (Wildman–Crippen LogP) is 4.69. The van der Waals surface area contributed by atoms with Crippen LogP contribution in [-0.4, -0.2) is 40.4 Å². The number of aromatic nitrogens is 2. The first-order chi connectivity index (χ1) is 17.8. The van der Waals surface area contributed by atoms with E-state index in [0.717, 1.165) is 5.39 Å².